The summed E-state index contributed by atoms with van der Waals surface area (Å²) in [5.41, 5.74) is 18.9. The highest BCUT2D eigenvalue weighted by atomic mass is 15.1. The van der Waals surface area contributed by atoms with Crippen molar-refractivity contribution >= 4 is 49.6 Å². The third-order valence-electron chi connectivity index (χ3n) is 14.1. The Balaban J connectivity index is 0.888. The minimum atomic E-state index is -0.456. The molecule has 1 heterocycles. The van der Waals surface area contributed by atoms with E-state index >= 15 is 0 Å². The topological polar surface area (TPSA) is 8.17 Å². The van der Waals surface area contributed by atoms with Crippen LogP contribution in [0.15, 0.2) is 267 Å². The predicted octanol–water partition coefficient (Wildman–Crippen LogP) is 17.1. The van der Waals surface area contributed by atoms with E-state index in [1.807, 2.05) is 0 Å². The van der Waals surface area contributed by atoms with Crippen molar-refractivity contribution in [2.75, 3.05) is 4.90 Å². The number of benzene rings is 11. The van der Waals surface area contributed by atoms with Gasteiger partial charge in [-0.3, -0.25) is 0 Å². The third-order valence-corrected chi connectivity index (χ3v) is 14.1. The van der Waals surface area contributed by atoms with Gasteiger partial charge in [-0.25, -0.2) is 0 Å². The molecule has 0 fully saturated rings. The highest BCUT2D eigenvalue weighted by Crippen LogP contribution is 2.56. The number of aromatic nitrogens is 1. The fourth-order valence-electron chi connectivity index (χ4n) is 11.0. The molecule has 314 valence electrons. The van der Waals surface area contributed by atoms with Crippen molar-refractivity contribution in [1.82, 2.24) is 4.57 Å². The SMILES string of the molecule is c1ccc(-c2ccc(N(c3ccc(-c4ccc(-n5c6ccccc6c6cc7ccccc7cc65)cc4)cc3)c3ccc(C4(c5ccccc5)c5ccccc5-c5ccccc54)cc3)cc2)cc1. The summed E-state index contributed by atoms with van der Waals surface area (Å²) in [6, 6.07) is 97.9. The van der Waals surface area contributed by atoms with E-state index in [1.165, 1.54) is 88.2 Å². The zero-order valence-electron chi connectivity index (χ0n) is 36.8. The van der Waals surface area contributed by atoms with Crippen molar-refractivity contribution < 1.29 is 0 Å². The van der Waals surface area contributed by atoms with Crippen LogP contribution in [0.2, 0.25) is 0 Å². The van der Waals surface area contributed by atoms with Gasteiger partial charge in [0, 0.05) is 33.5 Å². The lowest BCUT2D eigenvalue weighted by Gasteiger charge is -2.34. The fraction of sp³-hybridized carbons (Fsp3) is 0.0154. The minimum Gasteiger partial charge on any atom is -0.311 e. The summed E-state index contributed by atoms with van der Waals surface area (Å²) >= 11 is 0. The Morgan fingerprint density at radius 2 is 0.731 bits per heavy atom. The molecule has 2 heteroatoms. The molecular formula is C65H44N2. The van der Waals surface area contributed by atoms with Crippen molar-refractivity contribution in [1.29, 1.82) is 0 Å². The van der Waals surface area contributed by atoms with Crippen LogP contribution in [-0.2, 0) is 5.41 Å². The third kappa shape index (κ3) is 6.26. The standard InChI is InChI=1S/C65H44N2/c1-3-15-45(16-4-1)46-27-35-53(36-28-46)66(55-41-33-52(34-42-55)65(51-19-5-2-6-20-51)61-24-12-9-21-57(61)58-22-10-13-25-62(58)65)54-37-29-47(30-38-54)48-31-39-56(40-32-48)67-63-26-14-11-23-59(63)60-43-49-17-7-8-18-50(49)44-64(60)67/h1-44H. The van der Waals surface area contributed by atoms with Gasteiger partial charge in [0.05, 0.1) is 16.4 Å². The summed E-state index contributed by atoms with van der Waals surface area (Å²) in [7, 11) is 0. The zero-order chi connectivity index (χ0) is 44.3. The van der Waals surface area contributed by atoms with E-state index in [9.17, 15) is 0 Å². The highest BCUT2D eigenvalue weighted by molar-refractivity contribution is 6.13. The van der Waals surface area contributed by atoms with Crippen LogP contribution in [-0.4, -0.2) is 4.57 Å². The summed E-state index contributed by atoms with van der Waals surface area (Å²) in [5, 5.41) is 5.04. The molecule has 1 aliphatic carbocycles. The van der Waals surface area contributed by atoms with Gasteiger partial charge in [-0.2, -0.15) is 0 Å². The largest absolute Gasteiger partial charge is 0.311 e. The molecule has 1 aromatic heterocycles. The average molecular weight is 853 g/mol. The molecule has 0 atom stereocenters. The quantitative estimate of drug-likeness (QED) is 0.148. The van der Waals surface area contributed by atoms with Gasteiger partial charge in [0.25, 0.3) is 0 Å². The first kappa shape index (κ1) is 38.7. The summed E-state index contributed by atoms with van der Waals surface area (Å²) in [6.45, 7) is 0. The number of hydrogen-bond acceptors (Lipinski definition) is 1. The molecule has 0 saturated carbocycles. The summed E-state index contributed by atoms with van der Waals surface area (Å²) < 4.78 is 2.40. The normalized spacial score (nSPS) is 12.6. The first-order chi connectivity index (χ1) is 33.2. The second-order valence-corrected chi connectivity index (χ2v) is 17.7. The van der Waals surface area contributed by atoms with E-state index in [-0.39, 0.29) is 0 Å². The minimum absolute atomic E-state index is 0.456. The van der Waals surface area contributed by atoms with Crippen LogP contribution >= 0.6 is 0 Å². The molecule has 12 aromatic rings. The number of hydrogen-bond donors (Lipinski definition) is 0. The highest BCUT2D eigenvalue weighted by Gasteiger charge is 2.45. The van der Waals surface area contributed by atoms with Crippen LogP contribution in [0.5, 0.6) is 0 Å². The van der Waals surface area contributed by atoms with Crippen LogP contribution in [0.1, 0.15) is 22.3 Å². The molecule has 0 aliphatic heterocycles. The Hall–Kier alpha value is -8.72. The van der Waals surface area contributed by atoms with Gasteiger partial charge in [-0.15, -0.1) is 0 Å². The number of rotatable bonds is 8. The molecule has 0 unspecified atom stereocenters. The Morgan fingerprint density at radius 3 is 1.33 bits per heavy atom. The number of fused-ring (bicyclic) bond motifs is 7. The Bertz CT molecular complexity index is 3710. The van der Waals surface area contributed by atoms with Gasteiger partial charge in [-0.05, 0) is 133 Å². The molecular weight excluding hydrogens is 809 g/mol. The van der Waals surface area contributed by atoms with Crippen LogP contribution in [0.4, 0.5) is 17.1 Å². The first-order valence-electron chi connectivity index (χ1n) is 23.2. The lowest BCUT2D eigenvalue weighted by atomic mass is 9.68. The van der Waals surface area contributed by atoms with Crippen LogP contribution in [0.25, 0.3) is 71.6 Å². The summed E-state index contributed by atoms with van der Waals surface area (Å²) in [4.78, 5) is 2.38. The predicted molar refractivity (Wildman–Crippen MR) is 281 cm³/mol. The second kappa shape index (κ2) is 15.8. The molecule has 1 aliphatic rings. The lowest BCUT2D eigenvalue weighted by Crippen LogP contribution is -2.28. The maximum absolute atomic E-state index is 2.40. The Morgan fingerprint density at radius 1 is 0.299 bits per heavy atom. The fourth-order valence-corrected chi connectivity index (χ4v) is 11.0. The Kier molecular flexibility index (Phi) is 9.11. The molecule has 13 rings (SSSR count). The average Bonchev–Trinajstić information content (AvgIpc) is 3.89. The van der Waals surface area contributed by atoms with E-state index in [1.54, 1.807) is 0 Å². The lowest BCUT2D eigenvalue weighted by molar-refractivity contribution is 0.768. The van der Waals surface area contributed by atoms with E-state index in [4.69, 9.17) is 0 Å². The van der Waals surface area contributed by atoms with E-state index in [0.717, 1.165) is 22.7 Å². The van der Waals surface area contributed by atoms with E-state index in [0.29, 0.717) is 0 Å². The second-order valence-electron chi connectivity index (χ2n) is 17.7. The molecule has 0 amide bonds. The van der Waals surface area contributed by atoms with Gasteiger partial charge in [0.2, 0.25) is 0 Å². The Labute approximate surface area is 390 Å². The van der Waals surface area contributed by atoms with E-state index in [2.05, 4.69) is 276 Å². The van der Waals surface area contributed by atoms with Crippen molar-refractivity contribution in [2.45, 2.75) is 5.41 Å². The summed E-state index contributed by atoms with van der Waals surface area (Å²) in [5.74, 6) is 0. The van der Waals surface area contributed by atoms with Crippen LogP contribution < -0.4 is 4.90 Å². The van der Waals surface area contributed by atoms with E-state index < -0.39 is 5.41 Å². The van der Waals surface area contributed by atoms with Crippen molar-refractivity contribution in [3.8, 4) is 39.1 Å². The van der Waals surface area contributed by atoms with Crippen molar-refractivity contribution in [3.05, 3.63) is 289 Å². The monoisotopic (exact) mass is 852 g/mol. The van der Waals surface area contributed by atoms with Crippen molar-refractivity contribution in [3.63, 3.8) is 0 Å². The zero-order valence-corrected chi connectivity index (χ0v) is 36.8. The van der Waals surface area contributed by atoms with Crippen LogP contribution in [0, 0.1) is 0 Å². The van der Waals surface area contributed by atoms with Gasteiger partial charge >= 0.3 is 0 Å². The molecule has 0 bridgehead atoms. The first-order valence-corrected chi connectivity index (χ1v) is 23.2. The van der Waals surface area contributed by atoms with Gasteiger partial charge in [-0.1, -0.05) is 200 Å². The number of anilines is 3. The van der Waals surface area contributed by atoms with Crippen LogP contribution in [0.3, 0.4) is 0 Å². The molecule has 0 saturated heterocycles. The van der Waals surface area contributed by atoms with Crippen molar-refractivity contribution in [2.24, 2.45) is 0 Å². The van der Waals surface area contributed by atoms with Gasteiger partial charge < -0.3 is 9.47 Å². The summed E-state index contributed by atoms with van der Waals surface area (Å²) in [6.07, 6.45) is 0. The van der Waals surface area contributed by atoms with Gasteiger partial charge in [0.1, 0.15) is 0 Å². The molecule has 0 N–H and O–H groups in total. The number of nitrogens with zero attached hydrogens (tertiary/aromatic N) is 2. The maximum Gasteiger partial charge on any atom is 0.0713 e. The number of para-hydroxylation sites is 1. The molecule has 0 spiro atoms. The smallest absolute Gasteiger partial charge is 0.0713 e. The van der Waals surface area contributed by atoms with Gasteiger partial charge in [0.15, 0.2) is 0 Å². The molecule has 0 radical (unpaired) electrons. The maximum atomic E-state index is 2.40. The molecule has 2 nitrogen and oxygen atoms in total. The molecule has 67 heavy (non-hydrogen) atoms. The molecule has 11 aromatic carbocycles.